The first-order valence-corrected chi connectivity index (χ1v) is 5.61. The number of rotatable bonds is 1. The average Bonchev–Trinajstić information content (AvgIpc) is 2.31. The summed E-state index contributed by atoms with van der Waals surface area (Å²) in [6, 6.07) is 0. The van der Waals surface area contributed by atoms with Gasteiger partial charge >= 0.3 is 85.5 Å². The molecule has 0 bridgehead atoms. The summed E-state index contributed by atoms with van der Waals surface area (Å²) in [5.74, 6) is -0.0949. The van der Waals surface area contributed by atoms with Crippen LogP contribution in [0.15, 0.2) is 4.99 Å². The zero-order chi connectivity index (χ0) is 8.43. The normalized spacial score (nSPS) is 15.9. The Balaban J connectivity index is 2.79. The topological polar surface area (TPSA) is 50.7 Å². The second-order valence-corrected chi connectivity index (χ2v) is 4.57. The molecule has 0 spiro atoms. The first kappa shape index (κ1) is 9.15. The molecule has 0 saturated heterocycles. The number of carbonyl (C=O) groups is 1. The Hall–Kier alpha value is 0.0566. The summed E-state index contributed by atoms with van der Waals surface area (Å²) in [4.78, 5) is 14.9. The summed E-state index contributed by atoms with van der Waals surface area (Å²) in [5, 5.41) is 2.87. The van der Waals surface area contributed by atoms with Gasteiger partial charge in [0.15, 0.2) is 0 Å². The van der Waals surface area contributed by atoms with Crippen LogP contribution < -0.4 is 5.32 Å². The standard InChI is InChI=1S/C5H4N2O2.2W/c1-9-5(8)4-6-2-3-7-4;;/h6H,1H3;;. The van der Waals surface area contributed by atoms with Gasteiger partial charge in [-0.05, 0) is 0 Å². The second-order valence-electron chi connectivity index (χ2n) is 1.71. The van der Waals surface area contributed by atoms with Crippen molar-refractivity contribution in [3.05, 3.63) is 0 Å². The molecule has 0 aromatic carbocycles. The summed E-state index contributed by atoms with van der Waals surface area (Å²) in [5.41, 5.74) is 0. The van der Waals surface area contributed by atoms with E-state index < -0.39 is 5.97 Å². The van der Waals surface area contributed by atoms with Crippen LogP contribution >= 0.6 is 0 Å². The Morgan fingerprint density at radius 1 is 1.64 bits per heavy atom. The van der Waals surface area contributed by atoms with E-state index in [9.17, 15) is 4.79 Å². The number of ether oxygens (including phenoxy) is 1. The minimum absolute atomic E-state index is 0.308. The predicted molar refractivity (Wildman–Crippen MR) is 32.6 cm³/mol. The number of hydrogen-bond acceptors (Lipinski definition) is 4. The van der Waals surface area contributed by atoms with E-state index in [1.807, 2.05) is 0 Å². The number of nitrogens with one attached hydrogen (secondary N) is 1. The fraction of sp³-hybridized carbons (Fsp3) is 0.200. The van der Waals surface area contributed by atoms with Crippen molar-refractivity contribution >= 4 is 19.8 Å². The molecule has 58 valence electrons. The molecule has 11 heavy (non-hydrogen) atoms. The fourth-order valence-electron chi connectivity index (χ4n) is 0.535. The van der Waals surface area contributed by atoms with Crippen LogP contribution in [0.25, 0.3) is 0 Å². The first-order valence-electron chi connectivity index (χ1n) is 2.67. The molecule has 0 saturated carbocycles. The van der Waals surface area contributed by atoms with E-state index in [-0.39, 0.29) is 0 Å². The second kappa shape index (κ2) is 3.64. The Bertz CT molecular complexity index is 272. The van der Waals surface area contributed by atoms with Gasteiger partial charge in [0.1, 0.15) is 0 Å². The van der Waals surface area contributed by atoms with Gasteiger partial charge in [-0.2, -0.15) is 0 Å². The number of carbonyl (C=O) groups excluding carboxylic acids is 1. The molecule has 1 N–H and O–H groups in total. The van der Waals surface area contributed by atoms with E-state index in [4.69, 9.17) is 0 Å². The van der Waals surface area contributed by atoms with Gasteiger partial charge < -0.3 is 0 Å². The van der Waals surface area contributed by atoms with Gasteiger partial charge in [0.25, 0.3) is 0 Å². The molecule has 0 amide bonds. The van der Waals surface area contributed by atoms with E-state index in [0.29, 0.717) is 5.84 Å². The summed E-state index contributed by atoms with van der Waals surface area (Å²) < 4.78 is 6.45. The number of esters is 1. The van der Waals surface area contributed by atoms with Crippen LogP contribution in [0, 0.1) is 0 Å². The van der Waals surface area contributed by atoms with Crippen molar-refractivity contribution in [2.24, 2.45) is 4.99 Å². The van der Waals surface area contributed by atoms with Crippen LogP contribution in [0.2, 0.25) is 0 Å². The molecular formula is C5H4N2O2W2. The van der Waals surface area contributed by atoms with Gasteiger partial charge in [-0.15, -0.1) is 0 Å². The molecule has 0 aromatic heterocycles. The van der Waals surface area contributed by atoms with Gasteiger partial charge in [0, 0.05) is 0 Å². The number of amidine groups is 1. The zero-order valence-electron chi connectivity index (χ0n) is 5.58. The van der Waals surface area contributed by atoms with Crippen LogP contribution in [0.5, 0.6) is 0 Å². The number of aliphatic imine (C=N–C) groups is 1. The molecule has 0 atom stereocenters. The third-order valence-corrected chi connectivity index (χ3v) is 5.16. The minimum atomic E-state index is -0.403. The third kappa shape index (κ3) is 2.00. The molecule has 1 rings (SSSR count). The van der Waals surface area contributed by atoms with E-state index in [1.165, 1.54) is 45.8 Å². The number of methoxy groups -OCH3 is 1. The molecular weight excluding hydrogens is 488 g/mol. The molecule has 0 unspecified atom stereocenters. The van der Waals surface area contributed by atoms with Crippen molar-refractivity contribution in [2.45, 2.75) is 0 Å². The van der Waals surface area contributed by atoms with Gasteiger partial charge in [-0.3, -0.25) is 0 Å². The van der Waals surface area contributed by atoms with Crippen LogP contribution in [0.4, 0.5) is 0 Å². The zero-order valence-corrected chi connectivity index (χ0v) is 11.4. The molecule has 1 aliphatic rings. The van der Waals surface area contributed by atoms with E-state index >= 15 is 0 Å². The van der Waals surface area contributed by atoms with Gasteiger partial charge in [0.2, 0.25) is 0 Å². The van der Waals surface area contributed by atoms with Crippen LogP contribution in [0.1, 0.15) is 0 Å². The van der Waals surface area contributed by atoms with Crippen molar-refractivity contribution in [1.29, 1.82) is 0 Å². The van der Waals surface area contributed by atoms with Gasteiger partial charge in [0.05, 0.1) is 0 Å². The van der Waals surface area contributed by atoms with E-state index in [1.54, 1.807) is 0 Å². The van der Waals surface area contributed by atoms with Crippen LogP contribution in [0.3, 0.4) is 0 Å². The Labute approximate surface area is 85.2 Å². The van der Waals surface area contributed by atoms with Crippen molar-refractivity contribution in [1.82, 2.24) is 5.32 Å². The van der Waals surface area contributed by atoms with Crippen LogP contribution in [-0.4, -0.2) is 27.0 Å². The molecule has 0 fully saturated rings. The summed E-state index contributed by atoms with van der Waals surface area (Å²) in [7, 11) is 1.34. The summed E-state index contributed by atoms with van der Waals surface area (Å²) in [6.45, 7) is 0. The Kier molecular flexibility index (Phi) is 3.03. The average molecular weight is 492 g/mol. The maximum atomic E-state index is 10.9. The summed E-state index contributed by atoms with van der Waals surface area (Å²) >= 11 is 2.55. The van der Waals surface area contributed by atoms with E-state index in [0.717, 1.165) is 8.04 Å². The SMILES string of the molecule is COC(=O)C1=N[C](=[W])[C](=[W])N1. The summed E-state index contributed by atoms with van der Waals surface area (Å²) in [6.07, 6.45) is 0. The fourth-order valence-corrected chi connectivity index (χ4v) is 1.56. The van der Waals surface area contributed by atoms with E-state index in [2.05, 4.69) is 15.0 Å². The predicted octanol–water partition coefficient (Wildman–Crippen LogP) is -1.49. The quantitative estimate of drug-likeness (QED) is 0.455. The molecule has 0 radical (unpaired) electrons. The molecule has 1 aliphatic heterocycles. The van der Waals surface area contributed by atoms with Crippen molar-refractivity contribution in [3.63, 3.8) is 0 Å². The molecule has 0 aromatic rings. The Morgan fingerprint density at radius 2 is 2.27 bits per heavy atom. The number of hydrogen-bond donors (Lipinski definition) is 1. The molecule has 1 heterocycles. The van der Waals surface area contributed by atoms with Gasteiger partial charge in [-0.25, -0.2) is 0 Å². The molecule has 6 heteroatoms. The maximum absolute atomic E-state index is 10.9. The van der Waals surface area contributed by atoms with Gasteiger partial charge in [-0.1, -0.05) is 0 Å². The monoisotopic (exact) mass is 492 g/mol. The molecule has 4 nitrogen and oxygen atoms in total. The van der Waals surface area contributed by atoms with Crippen molar-refractivity contribution < 1.29 is 48.2 Å². The molecule has 0 aliphatic carbocycles. The van der Waals surface area contributed by atoms with Crippen molar-refractivity contribution in [3.8, 4) is 0 Å². The number of nitrogens with zero attached hydrogens (tertiary/aromatic N) is 1. The van der Waals surface area contributed by atoms with Crippen molar-refractivity contribution in [2.75, 3.05) is 7.11 Å². The van der Waals surface area contributed by atoms with Crippen LogP contribution in [-0.2, 0) is 48.2 Å². The first-order chi connectivity index (χ1) is 5.15. The Morgan fingerprint density at radius 3 is 2.64 bits per heavy atom. The third-order valence-electron chi connectivity index (χ3n) is 1.02.